The van der Waals surface area contributed by atoms with Crippen molar-refractivity contribution in [2.45, 2.75) is 231 Å². The fraction of sp³-hybridized carbons (Fsp3) is 0.529. The van der Waals surface area contributed by atoms with E-state index in [1.54, 1.807) is 5.56 Å². The SMILES string of the molecule is CC(C)(C)c1cc2c3c(c1)N(c1ccc4c(c1)C(C)(C)CCC4(C)C)c1oc4cc5c(cc4c1B3c1cc3c(cc1N2c1ccc2c(c1)C(C)(C)CCC2(C)C)C(C)(C)CCC3(C)C)C1(C)CCC5(C)CC1. The molecule has 3 nitrogen and oxygen atoms in total. The predicted octanol–water partition coefficient (Wildman–Crippen LogP) is 17.0. The van der Waals surface area contributed by atoms with Gasteiger partial charge in [0.1, 0.15) is 5.58 Å². The van der Waals surface area contributed by atoms with Crippen molar-refractivity contribution < 1.29 is 4.42 Å². The van der Waals surface area contributed by atoms with Crippen LogP contribution in [0.4, 0.5) is 34.3 Å². The first-order valence-electron chi connectivity index (χ1n) is 28.3. The fourth-order valence-corrected chi connectivity index (χ4v) is 15.9. The average molecular weight is 955 g/mol. The summed E-state index contributed by atoms with van der Waals surface area (Å²) in [6, 6.07) is 31.0. The summed E-state index contributed by atoms with van der Waals surface area (Å²) in [7, 11) is 0. The first-order valence-corrected chi connectivity index (χ1v) is 28.3. The molecule has 374 valence electrons. The molecule has 5 aromatic carbocycles. The summed E-state index contributed by atoms with van der Waals surface area (Å²) in [5.41, 5.74) is 25.8. The molecule has 2 aliphatic heterocycles. The number of nitrogens with zero attached hydrogens (tertiary/aromatic N) is 2. The van der Waals surface area contributed by atoms with Gasteiger partial charge in [0.05, 0.1) is 0 Å². The van der Waals surface area contributed by atoms with Crippen LogP contribution in [-0.2, 0) is 48.7 Å². The van der Waals surface area contributed by atoms with Crippen LogP contribution in [0, 0.1) is 0 Å². The van der Waals surface area contributed by atoms with Gasteiger partial charge in [-0.3, -0.25) is 4.90 Å². The maximum Gasteiger partial charge on any atom is 0.257 e. The topological polar surface area (TPSA) is 19.6 Å². The van der Waals surface area contributed by atoms with Gasteiger partial charge in [0.25, 0.3) is 6.71 Å². The Kier molecular flexibility index (Phi) is 9.25. The van der Waals surface area contributed by atoms with Gasteiger partial charge in [-0.25, -0.2) is 0 Å². The summed E-state index contributed by atoms with van der Waals surface area (Å²) in [6.07, 6.45) is 12.1. The van der Waals surface area contributed by atoms with Crippen molar-refractivity contribution in [3.8, 4) is 0 Å². The van der Waals surface area contributed by atoms with Gasteiger partial charge in [-0.15, -0.1) is 0 Å². The lowest BCUT2D eigenvalue weighted by atomic mass is 9.33. The van der Waals surface area contributed by atoms with Crippen LogP contribution in [0.2, 0.25) is 0 Å². The molecule has 0 N–H and O–H groups in total. The van der Waals surface area contributed by atoms with E-state index in [0.29, 0.717) is 0 Å². The highest BCUT2D eigenvalue weighted by Crippen LogP contribution is 2.59. The van der Waals surface area contributed by atoms with Gasteiger partial charge in [0.15, 0.2) is 0 Å². The minimum atomic E-state index is -0.123. The van der Waals surface area contributed by atoms with Gasteiger partial charge in [0, 0.05) is 39.3 Å². The molecule has 0 saturated heterocycles. The number of furan rings is 1. The lowest BCUT2D eigenvalue weighted by Gasteiger charge is -2.52. The van der Waals surface area contributed by atoms with E-state index < -0.39 is 0 Å². The van der Waals surface area contributed by atoms with Crippen LogP contribution in [0.1, 0.15) is 232 Å². The van der Waals surface area contributed by atoms with Gasteiger partial charge in [-0.05, 0) is 229 Å². The molecular formula is C68H83BN2O. The highest BCUT2D eigenvalue weighted by Gasteiger charge is 2.52. The molecule has 1 saturated carbocycles. The van der Waals surface area contributed by atoms with Crippen molar-refractivity contribution in [1.29, 1.82) is 0 Å². The minimum absolute atomic E-state index is 0.0304. The van der Waals surface area contributed by atoms with Crippen LogP contribution in [0.25, 0.3) is 11.0 Å². The smallest absolute Gasteiger partial charge is 0.257 e. The molecule has 0 radical (unpaired) electrons. The number of rotatable bonds is 2. The van der Waals surface area contributed by atoms with E-state index in [0.717, 1.165) is 11.5 Å². The van der Waals surface area contributed by atoms with E-state index in [1.165, 1.54) is 159 Å². The molecule has 1 aromatic heterocycles. The Labute approximate surface area is 434 Å². The molecule has 0 spiro atoms. The molecule has 0 amide bonds. The van der Waals surface area contributed by atoms with Gasteiger partial charge in [-0.1, -0.05) is 136 Å². The summed E-state index contributed by atoms with van der Waals surface area (Å²) in [5, 5.41) is 1.31. The average Bonchev–Trinajstić information content (AvgIpc) is 3.68. The zero-order chi connectivity index (χ0) is 51.0. The van der Waals surface area contributed by atoms with E-state index in [9.17, 15) is 0 Å². The molecule has 2 bridgehead atoms. The molecule has 0 unspecified atom stereocenters. The van der Waals surface area contributed by atoms with Crippen molar-refractivity contribution in [2.24, 2.45) is 0 Å². The van der Waals surface area contributed by atoms with Gasteiger partial charge in [0.2, 0.25) is 5.88 Å². The van der Waals surface area contributed by atoms with Crippen molar-refractivity contribution in [3.63, 3.8) is 0 Å². The second-order valence-electron chi connectivity index (χ2n) is 30.3. The standard InChI is InChI=1S/C68H83BN2O/c1-60(2,3)40-32-54-58-55(33-40)71(42-19-21-45-47(35-42)64(10,11)25-23-62(45,6)7)59-57(43-36-50-51(39-56(43)72-59)68(17)30-28-67(50,16)29-31-68)69(58)52-37-48-49(66(14,15)27-26-65(48,12)13)38-53(52)70(54)41-18-20-44-46(34-41)63(8,9)24-22-61(44,4)5/h18-21,32-39H,22-31H2,1-17H3. The highest BCUT2D eigenvalue weighted by molar-refractivity contribution is 7.01. The van der Waals surface area contributed by atoms with Crippen molar-refractivity contribution in [3.05, 3.63) is 123 Å². The summed E-state index contributed by atoms with van der Waals surface area (Å²) in [6.45, 7) is 42.1. The minimum Gasteiger partial charge on any atom is -0.440 e. The Balaban J connectivity index is 1.19. The summed E-state index contributed by atoms with van der Waals surface area (Å²) >= 11 is 0. The highest BCUT2D eigenvalue weighted by atomic mass is 16.4. The third-order valence-electron chi connectivity index (χ3n) is 21.6. The largest absolute Gasteiger partial charge is 0.440 e. The predicted molar refractivity (Wildman–Crippen MR) is 308 cm³/mol. The molecule has 4 heteroatoms. The van der Waals surface area contributed by atoms with E-state index in [2.05, 4.69) is 200 Å². The van der Waals surface area contributed by atoms with E-state index in [4.69, 9.17) is 4.42 Å². The van der Waals surface area contributed by atoms with E-state index in [-0.39, 0.29) is 55.4 Å². The quantitative estimate of drug-likeness (QED) is 0.161. The Morgan fingerprint density at radius 3 is 1.31 bits per heavy atom. The molecule has 72 heavy (non-hydrogen) atoms. The maximum atomic E-state index is 7.75. The molecule has 3 heterocycles. The molecule has 8 aliphatic rings. The molecule has 0 atom stereocenters. The third-order valence-corrected chi connectivity index (χ3v) is 21.6. The number of hydrogen-bond donors (Lipinski definition) is 0. The van der Waals surface area contributed by atoms with Crippen LogP contribution in [0.15, 0.2) is 77.2 Å². The normalized spacial score (nSPS) is 26.0. The number of benzene rings is 5. The van der Waals surface area contributed by atoms with Gasteiger partial charge < -0.3 is 9.32 Å². The lowest BCUT2D eigenvalue weighted by molar-refractivity contribution is 0.188. The monoisotopic (exact) mass is 955 g/mol. The van der Waals surface area contributed by atoms with Crippen LogP contribution < -0.4 is 26.2 Å². The van der Waals surface area contributed by atoms with Crippen molar-refractivity contribution in [1.82, 2.24) is 0 Å². The summed E-state index contributed by atoms with van der Waals surface area (Å²) in [4.78, 5) is 5.37. The molecule has 14 rings (SSSR count). The van der Waals surface area contributed by atoms with Crippen LogP contribution in [0.5, 0.6) is 0 Å². The van der Waals surface area contributed by atoms with Gasteiger partial charge >= 0.3 is 0 Å². The zero-order valence-corrected chi connectivity index (χ0v) is 47.4. The van der Waals surface area contributed by atoms with Crippen LogP contribution >= 0.6 is 0 Å². The first-order chi connectivity index (χ1) is 33.4. The maximum absolute atomic E-state index is 7.75. The molecule has 6 aliphatic carbocycles. The Hall–Kier alpha value is -4.70. The van der Waals surface area contributed by atoms with E-state index in [1.807, 2.05) is 0 Å². The second kappa shape index (κ2) is 14.2. The summed E-state index contributed by atoms with van der Waals surface area (Å²) in [5.74, 6) is 1.01. The Bertz CT molecular complexity index is 3350. The number of anilines is 6. The Morgan fingerprint density at radius 2 is 0.819 bits per heavy atom. The van der Waals surface area contributed by atoms with Gasteiger partial charge in [-0.2, -0.15) is 0 Å². The molecular weight excluding hydrogens is 872 g/mol. The first kappa shape index (κ1) is 47.0. The van der Waals surface area contributed by atoms with Crippen LogP contribution in [-0.4, -0.2) is 6.71 Å². The molecule has 6 aromatic rings. The Morgan fingerprint density at radius 1 is 0.403 bits per heavy atom. The number of fused-ring (bicyclic) bond motifs is 11. The van der Waals surface area contributed by atoms with Crippen molar-refractivity contribution >= 4 is 68.4 Å². The van der Waals surface area contributed by atoms with E-state index >= 15 is 0 Å². The zero-order valence-electron chi connectivity index (χ0n) is 47.4. The summed E-state index contributed by atoms with van der Waals surface area (Å²) < 4.78 is 7.75. The second-order valence-corrected chi connectivity index (χ2v) is 30.3. The van der Waals surface area contributed by atoms with Crippen molar-refractivity contribution in [2.75, 3.05) is 9.80 Å². The van der Waals surface area contributed by atoms with Crippen LogP contribution in [0.3, 0.4) is 0 Å². The number of hydrogen-bond acceptors (Lipinski definition) is 3. The fourth-order valence-electron chi connectivity index (χ4n) is 15.9. The third kappa shape index (κ3) is 6.34. The lowest BCUT2D eigenvalue weighted by Crippen LogP contribution is -2.61. The molecule has 1 fully saturated rings.